The van der Waals surface area contributed by atoms with Gasteiger partial charge in [0, 0.05) is 18.9 Å². The maximum atomic E-state index is 11.6. The Morgan fingerprint density at radius 2 is 2.14 bits per heavy atom. The molecule has 0 unspecified atom stereocenters. The van der Waals surface area contributed by atoms with Crippen molar-refractivity contribution in [2.75, 3.05) is 11.9 Å². The van der Waals surface area contributed by atoms with Crippen LogP contribution in [0.3, 0.4) is 0 Å². The van der Waals surface area contributed by atoms with E-state index < -0.39 is 12.0 Å². The maximum absolute atomic E-state index is 11.6. The zero-order valence-electron chi connectivity index (χ0n) is 11.0. The van der Waals surface area contributed by atoms with E-state index >= 15 is 0 Å². The highest BCUT2D eigenvalue weighted by Crippen LogP contribution is 2.24. The number of aromatic hydroxyl groups is 1. The Hall–Kier alpha value is -3.03. The Kier molecular flexibility index (Phi) is 4.39. The molecule has 1 aromatic heterocycles. The number of hydrogen-bond acceptors (Lipinski definition) is 4. The van der Waals surface area contributed by atoms with Crippen LogP contribution >= 0.6 is 0 Å². The predicted molar refractivity (Wildman–Crippen MR) is 74.3 cm³/mol. The summed E-state index contributed by atoms with van der Waals surface area (Å²) in [5.41, 5.74) is 0.0775. The smallest absolute Gasteiger partial charge is 0.335 e. The molecule has 0 saturated heterocycles. The largest absolute Gasteiger partial charge is 0.506 e. The van der Waals surface area contributed by atoms with Crippen molar-refractivity contribution in [3.8, 4) is 5.75 Å². The number of phenolic OH excluding ortho intramolecular Hbond substituents is 1. The van der Waals surface area contributed by atoms with Gasteiger partial charge in [-0.2, -0.15) is 5.10 Å². The second-order valence-corrected chi connectivity index (χ2v) is 4.19. The van der Waals surface area contributed by atoms with Gasteiger partial charge in [-0.05, 0) is 24.3 Å². The van der Waals surface area contributed by atoms with Gasteiger partial charge in [-0.3, -0.25) is 4.68 Å². The standard InChI is InChI=1S/C13H14N4O4/c18-11-8-9(12(19)20)2-3-10(11)16-13(21)14-5-7-17-6-1-4-15-17/h1-4,6,8,18H,5,7H2,(H,19,20)(H2,14,16,21). The summed E-state index contributed by atoms with van der Waals surface area (Å²) in [6.45, 7) is 0.881. The normalized spacial score (nSPS) is 10.1. The second kappa shape index (κ2) is 6.42. The molecule has 0 aliphatic rings. The average molecular weight is 290 g/mol. The number of nitrogens with zero attached hydrogens (tertiary/aromatic N) is 2. The highest BCUT2D eigenvalue weighted by Gasteiger charge is 2.09. The van der Waals surface area contributed by atoms with Gasteiger partial charge in [0.25, 0.3) is 0 Å². The lowest BCUT2D eigenvalue weighted by Crippen LogP contribution is -2.31. The number of rotatable bonds is 5. The lowest BCUT2D eigenvalue weighted by Gasteiger charge is -2.09. The van der Waals surface area contributed by atoms with Crippen molar-refractivity contribution in [2.45, 2.75) is 6.54 Å². The van der Waals surface area contributed by atoms with Crippen LogP contribution in [0.2, 0.25) is 0 Å². The molecule has 1 heterocycles. The zero-order chi connectivity index (χ0) is 15.2. The fourth-order valence-electron chi connectivity index (χ4n) is 1.65. The van der Waals surface area contributed by atoms with Gasteiger partial charge < -0.3 is 20.8 Å². The van der Waals surface area contributed by atoms with Crippen LogP contribution in [-0.4, -0.2) is 38.5 Å². The molecule has 110 valence electrons. The minimum atomic E-state index is -1.15. The number of hydrogen-bond donors (Lipinski definition) is 4. The quantitative estimate of drug-likeness (QED) is 0.615. The topological polar surface area (TPSA) is 116 Å². The number of amides is 2. The Morgan fingerprint density at radius 1 is 1.33 bits per heavy atom. The third kappa shape index (κ3) is 3.96. The molecular weight excluding hydrogens is 276 g/mol. The first kappa shape index (κ1) is 14.4. The molecule has 0 aliphatic heterocycles. The number of aromatic carboxylic acids is 1. The van der Waals surface area contributed by atoms with Crippen molar-refractivity contribution in [1.29, 1.82) is 0 Å². The number of carboxylic acids is 1. The molecule has 8 nitrogen and oxygen atoms in total. The number of urea groups is 1. The van der Waals surface area contributed by atoms with E-state index in [2.05, 4.69) is 15.7 Å². The molecule has 0 radical (unpaired) electrons. The van der Waals surface area contributed by atoms with Gasteiger partial charge in [-0.25, -0.2) is 9.59 Å². The minimum Gasteiger partial charge on any atom is -0.506 e. The number of carboxylic acid groups (broad SMARTS) is 1. The molecule has 21 heavy (non-hydrogen) atoms. The van der Waals surface area contributed by atoms with Gasteiger partial charge >= 0.3 is 12.0 Å². The fourth-order valence-corrected chi connectivity index (χ4v) is 1.65. The molecule has 0 aliphatic carbocycles. The monoisotopic (exact) mass is 290 g/mol. The Bertz CT molecular complexity index is 640. The van der Waals surface area contributed by atoms with Gasteiger partial charge in [-0.1, -0.05) is 0 Å². The molecule has 0 saturated carbocycles. The highest BCUT2D eigenvalue weighted by atomic mass is 16.4. The summed E-state index contributed by atoms with van der Waals surface area (Å²) >= 11 is 0. The number of nitrogens with one attached hydrogen (secondary N) is 2. The lowest BCUT2D eigenvalue weighted by atomic mass is 10.2. The number of anilines is 1. The number of carbonyl (C=O) groups is 2. The van der Waals surface area contributed by atoms with Crippen molar-refractivity contribution < 1.29 is 19.8 Å². The number of aromatic nitrogens is 2. The van der Waals surface area contributed by atoms with Crippen LogP contribution in [0.15, 0.2) is 36.7 Å². The first-order chi connectivity index (χ1) is 10.1. The van der Waals surface area contributed by atoms with Crippen molar-refractivity contribution in [3.05, 3.63) is 42.2 Å². The van der Waals surface area contributed by atoms with Crippen molar-refractivity contribution in [2.24, 2.45) is 0 Å². The summed E-state index contributed by atoms with van der Waals surface area (Å²) in [5, 5.41) is 27.4. The van der Waals surface area contributed by atoms with Gasteiger partial charge in [-0.15, -0.1) is 0 Å². The molecule has 0 bridgehead atoms. The SMILES string of the molecule is O=C(NCCn1cccn1)Nc1ccc(C(=O)O)cc1O. The van der Waals surface area contributed by atoms with E-state index in [0.717, 1.165) is 6.07 Å². The van der Waals surface area contributed by atoms with Crippen molar-refractivity contribution in [3.63, 3.8) is 0 Å². The van der Waals surface area contributed by atoms with Gasteiger partial charge in [0.15, 0.2) is 0 Å². The summed E-state index contributed by atoms with van der Waals surface area (Å²) in [6, 6.07) is 4.97. The maximum Gasteiger partial charge on any atom is 0.335 e. The molecule has 2 aromatic rings. The van der Waals surface area contributed by atoms with Crippen LogP contribution < -0.4 is 10.6 Å². The second-order valence-electron chi connectivity index (χ2n) is 4.19. The van der Waals surface area contributed by atoms with Crippen LogP contribution in [-0.2, 0) is 6.54 Å². The molecule has 2 rings (SSSR count). The van der Waals surface area contributed by atoms with E-state index in [1.165, 1.54) is 12.1 Å². The minimum absolute atomic E-state index is 0.0582. The lowest BCUT2D eigenvalue weighted by molar-refractivity contribution is 0.0696. The molecule has 0 fully saturated rings. The Labute approximate surface area is 120 Å². The fraction of sp³-hybridized carbons (Fsp3) is 0.154. The number of benzene rings is 1. The van der Waals surface area contributed by atoms with E-state index in [1.54, 1.807) is 23.1 Å². The first-order valence-electron chi connectivity index (χ1n) is 6.15. The third-order valence-corrected chi connectivity index (χ3v) is 2.68. The van der Waals surface area contributed by atoms with Crippen molar-refractivity contribution in [1.82, 2.24) is 15.1 Å². The van der Waals surface area contributed by atoms with E-state index in [1.807, 2.05) is 0 Å². The highest BCUT2D eigenvalue weighted by molar-refractivity contribution is 5.93. The summed E-state index contributed by atoms with van der Waals surface area (Å²) in [6.07, 6.45) is 3.41. The number of phenols is 1. The van der Waals surface area contributed by atoms with E-state index in [-0.39, 0.29) is 17.0 Å². The van der Waals surface area contributed by atoms with E-state index in [0.29, 0.717) is 13.1 Å². The molecule has 8 heteroatoms. The molecule has 0 spiro atoms. The van der Waals surface area contributed by atoms with Crippen LogP contribution in [0.5, 0.6) is 5.75 Å². The molecule has 2 amide bonds. The molecular formula is C13H14N4O4. The van der Waals surface area contributed by atoms with E-state index in [4.69, 9.17) is 5.11 Å². The first-order valence-corrected chi connectivity index (χ1v) is 6.15. The summed E-state index contributed by atoms with van der Waals surface area (Å²) in [5.74, 6) is -1.46. The van der Waals surface area contributed by atoms with Crippen LogP contribution in [0.4, 0.5) is 10.5 Å². The van der Waals surface area contributed by atoms with Crippen molar-refractivity contribution >= 4 is 17.7 Å². The number of carbonyl (C=O) groups excluding carboxylic acids is 1. The van der Waals surface area contributed by atoms with Crippen LogP contribution in [0, 0.1) is 0 Å². The van der Waals surface area contributed by atoms with Gasteiger partial charge in [0.1, 0.15) is 5.75 Å². The zero-order valence-corrected chi connectivity index (χ0v) is 11.0. The summed E-state index contributed by atoms with van der Waals surface area (Å²) in [7, 11) is 0. The summed E-state index contributed by atoms with van der Waals surface area (Å²) in [4.78, 5) is 22.4. The average Bonchev–Trinajstić information content (AvgIpc) is 2.94. The molecule has 1 aromatic carbocycles. The van der Waals surface area contributed by atoms with Crippen LogP contribution in [0.25, 0.3) is 0 Å². The van der Waals surface area contributed by atoms with Gasteiger partial charge in [0.2, 0.25) is 0 Å². The van der Waals surface area contributed by atoms with E-state index in [9.17, 15) is 14.7 Å². The Morgan fingerprint density at radius 3 is 2.76 bits per heavy atom. The summed E-state index contributed by atoms with van der Waals surface area (Å²) < 4.78 is 1.67. The van der Waals surface area contributed by atoms with Gasteiger partial charge in [0.05, 0.1) is 17.8 Å². The third-order valence-electron chi connectivity index (χ3n) is 2.68. The molecule has 0 atom stereocenters. The van der Waals surface area contributed by atoms with Crippen LogP contribution in [0.1, 0.15) is 10.4 Å². The molecule has 4 N–H and O–H groups in total. The Balaban J connectivity index is 1.86. The predicted octanol–water partition coefficient (Wildman–Crippen LogP) is 1.11.